The summed E-state index contributed by atoms with van der Waals surface area (Å²) < 4.78 is 28.1. The maximum Gasteiger partial charge on any atom is 0.175 e. The molecule has 0 aliphatic heterocycles. The Morgan fingerprint density at radius 1 is 1.24 bits per heavy atom. The molecular weight excluding hydrogens is 240 g/mol. The van der Waals surface area contributed by atoms with E-state index in [0.29, 0.717) is 5.75 Å². The van der Waals surface area contributed by atoms with Gasteiger partial charge in [-0.25, -0.2) is 8.42 Å². The van der Waals surface area contributed by atoms with Crippen molar-refractivity contribution in [2.75, 3.05) is 6.26 Å². The Labute approximate surface area is 101 Å². The van der Waals surface area contributed by atoms with Crippen molar-refractivity contribution in [3.63, 3.8) is 0 Å². The van der Waals surface area contributed by atoms with Crippen LogP contribution in [0.1, 0.15) is 19.3 Å². The molecule has 0 spiro atoms. The molecule has 1 aliphatic rings. The number of rotatable bonds is 3. The van der Waals surface area contributed by atoms with E-state index in [1.54, 1.807) is 12.1 Å². The van der Waals surface area contributed by atoms with Crippen LogP contribution < -0.4 is 4.74 Å². The molecule has 0 amide bonds. The average molecular weight is 256 g/mol. The van der Waals surface area contributed by atoms with Crippen molar-refractivity contribution >= 4 is 9.84 Å². The number of hydrogen-bond acceptors (Lipinski definition) is 4. The normalized spacial score (nSPS) is 24.8. The summed E-state index contributed by atoms with van der Waals surface area (Å²) in [6.07, 6.45) is 3.17. The first kappa shape index (κ1) is 12.4. The molecular formula is C12H16O4S. The SMILES string of the molecule is CS(=O)(=O)c1ccc(O[C@@H]2CCC[C@H]2O)cc1. The summed E-state index contributed by atoms with van der Waals surface area (Å²) in [5.74, 6) is 0.600. The van der Waals surface area contributed by atoms with Gasteiger partial charge in [-0.2, -0.15) is 0 Å². The summed E-state index contributed by atoms with van der Waals surface area (Å²) in [4.78, 5) is 0.275. The third-order valence-electron chi connectivity index (χ3n) is 2.96. The van der Waals surface area contributed by atoms with Crippen LogP contribution in [0.4, 0.5) is 0 Å². The van der Waals surface area contributed by atoms with Gasteiger partial charge < -0.3 is 9.84 Å². The first-order chi connectivity index (χ1) is 7.97. The molecule has 0 unspecified atom stereocenters. The molecule has 1 saturated carbocycles. The zero-order valence-corrected chi connectivity index (χ0v) is 10.5. The molecule has 0 aromatic heterocycles. The minimum Gasteiger partial charge on any atom is -0.488 e. The fourth-order valence-corrected chi connectivity index (χ4v) is 2.61. The second kappa shape index (κ2) is 4.66. The molecule has 1 aliphatic carbocycles. The first-order valence-corrected chi connectivity index (χ1v) is 7.51. The Morgan fingerprint density at radius 3 is 2.35 bits per heavy atom. The van der Waals surface area contributed by atoms with E-state index in [9.17, 15) is 13.5 Å². The lowest BCUT2D eigenvalue weighted by molar-refractivity contribution is 0.0604. The van der Waals surface area contributed by atoms with Crippen LogP contribution in [0.15, 0.2) is 29.2 Å². The van der Waals surface area contributed by atoms with Crippen LogP contribution in [0.5, 0.6) is 5.75 Å². The van der Waals surface area contributed by atoms with Gasteiger partial charge in [0.15, 0.2) is 9.84 Å². The molecule has 17 heavy (non-hydrogen) atoms. The Morgan fingerprint density at radius 2 is 1.88 bits per heavy atom. The molecule has 0 radical (unpaired) electrons. The third kappa shape index (κ3) is 2.98. The summed E-state index contributed by atoms with van der Waals surface area (Å²) in [5, 5.41) is 9.61. The molecule has 5 heteroatoms. The van der Waals surface area contributed by atoms with Crippen molar-refractivity contribution in [3.05, 3.63) is 24.3 Å². The topological polar surface area (TPSA) is 63.6 Å². The fraction of sp³-hybridized carbons (Fsp3) is 0.500. The highest BCUT2D eigenvalue weighted by Gasteiger charge is 2.26. The minimum absolute atomic E-state index is 0.168. The third-order valence-corrected chi connectivity index (χ3v) is 4.09. The van der Waals surface area contributed by atoms with Crippen LogP contribution in [0, 0.1) is 0 Å². The highest BCUT2D eigenvalue weighted by Crippen LogP contribution is 2.25. The molecule has 1 N–H and O–H groups in total. The van der Waals surface area contributed by atoms with E-state index in [2.05, 4.69) is 0 Å². The molecule has 94 valence electrons. The van der Waals surface area contributed by atoms with E-state index in [4.69, 9.17) is 4.74 Å². The van der Waals surface area contributed by atoms with E-state index in [-0.39, 0.29) is 11.0 Å². The molecule has 0 bridgehead atoms. The Balaban J connectivity index is 2.08. The molecule has 1 aromatic carbocycles. The molecule has 2 atom stereocenters. The quantitative estimate of drug-likeness (QED) is 0.887. The smallest absolute Gasteiger partial charge is 0.175 e. The van der Waals surface area contributed by atoms with Gasteiger partial charge in [-0.3, -0.25) is 0 Å². The largest absolute Gasteiger partial charge is 0.488 e. The fourth-order valence-electron chi connectivity index (χ4n) is 1.98. The lowest BCUT2D eigenvalue weighted by Gasteiger charge is -2.17. The first-order valence-electron chi connectivity index (χ1n) is 5.61. The van der Waals surface area contributed by atoms with Crippen molar-refractivity contribution in [2.45, 2.75) is 36.4 Å². The van der Waals surface area contributed by atoms with Crippen molar-refractivity contribution < 1.29 is 18.3 Å². The van der Waals surface area contributed by atoms with Gasteiger partial charge in [0.2, 0.25) is 0 Å². The van der Waals surface area contributed by atoms with Gasteiger partial charge in [-0.05, 0) is 43.5 Å². The summed E-state index contributed by atoms with van der Waals surface area (Å²) in [5.41, 5.74) is 0. The molecule has 1 aromatic rings. The second-order valence-electron chi connectivity index (χ2n) is 4.40. The summed E-state index contributed by atoms with van der Waals surface area (Å²) in [7, 11) is -3.16. The van der Waals surface area contributed by atoms with Crippen molar-refractivity contribution in [2.24, 2.45) is 0 Å². The highest BCUT2D eigenvalue weighted by atomic mass is 32.2. The number of ether oxygens (including phenoxy) is 1. The summed E-state index contributed by atoms with van der Waals surface area (Å²) in [6, 6.07) is 6.29. The Bertz CT molecular complexity index is 478. The van der Waals surface area contributed by atoms with Crippen LogP contribution in [0.2, 0.25) is 0 Å². The number of sulfone groups is 1. The van der Waals surface area contributed by atoms with E-state index >= 15 is 0 Å². The van der Waals surface area contributed by atoms with Crippen molar-refractivity contribution in [1.82, 2.24) is 0 Å². The van der Waals surface area contributed by atoms with Gasteiger partial charge in [0, 0.05) is 6.26 Å². The molecule has 4 nitrogen and oxygen atoms in total. The maximum absolute atomic E-state index is 11.3. The van der Waals surface area contributed by atoms with Crippen molar-refractivity contribution in [3.8, 4) is 5.75 Å². The Hall–Kier alpha value is -1.07. The van der Waals surface area contributed by atoms with Gasteiger partial charge in [-0.1, -0.05) is 0 Å². The van der Waals surface area contributed by atoms with Crippen molar-refractivity contribution in [1.29, 1.82) is 0 Å². The van der Waals surface area contributed by atoms with E-state index in [1.165, 1.54) is 18.4 Å². The number of aliphatic hydroxyl groups excluding tert-OH is 1. The van der Waals surface area contributed by atoms with Gasteiger partial charge in [0.1, 0.15) is 11.9 Å². The predicted octanol–water partition coefficient (Wildman–Crippen LogP) is 1.38. The van der Waals surface area contributed by atoms with Crippen LogP contribution in [-0.2, 0) is 9.84 Å². The predicted molar refractivity (Wildman–Crippen MR) is 63.8 cm³/mol. The standard InChI is InChI=1S/C12H16O4S/c1-17(14,15)10-7-5-9(6-8-10)16-12-4-2-3-11(12)13/h5-8,11-13H,2-4H2,1H3/t11-,12-/m1/s1. The number of aliphatic hydroxyl groups is 1. The van der Waals surface area contributed by atoms with Crippen LogP contribution in [0.3, 0.4) is 0 Å². The lowest BCUT2D eigenvalue weighted by Crippen LogP contribution is -2.25. The van der Waals surface area contributed by atoms with Crippen LogP contribution in [-0.4, -0.2) is 32.0 Å². The maximum atomic E-state index is 11.3. The van der Waals surface area contributed by atoms with Gasteiger partial charge >= 0.3 is 0 Å². The van der Waals surface area contributed by atoms with Gasteiger partial charge in [0.25, 0.3) is 0 Å². The van der Waals surface area contributed by atoms with E-state index in [0.717, 1.165) is 19.3 Å². The zero-order chi connectivity index (χ0) is 12.5. The van der Waals surface area contributed by atoms with Gasteiger partial charge in [-0.15, -0.1) is 0 Å². The second-order valence-corrected chi connectivity index (χ2v) is 6.41. The summed E-state index contributed by atoms with van der Waals surface area (Å²) in [6.45, 7) is 0. The molecule has 2 rings (SSSR count). The minimum atomic E-state index is -3.16. The molecule has 1 fully saturated rings. The van der Waals surface area contributed by atoms with E-state index < -0.39 is 15.9 Å². The molecule has 0 saturated heterocycles. The lowest BCUT2D eigenvalue weighted by atomic mass is 10.2. The van der Waals surface area contributed by atoms with Crippen LogP contribution in [0.25, 0.3) is 0 Å². The zero-order valence-electron chi connectivity index (χ0n) is 9.67. The van der Waals surface area contributed by atoms with E-state index in [1.807, 2.05) is 0 Å². The monoisotopic (exact) mass is 256 g/mol. The molecule has 0 heterocycles. The summed E-state index contributed by atoms with van der Waals surface area (Å²) >= 11 is 0. The Kier molecular flexibility index (Phi) is 3.40. The van der Waals surface area contributed by atoms with Crippen LogP contribution >= 0.6 is 0 Å². The van der Waals surface area contributed by atoms with Gasteiger partial charge in [0.05, 0.1) is 11.0 Å². The number of hydrogen-bond donors (Lipinski definition) is 1. The average Bonchev–Trinajstić information content (AvgIpc) is 2.64. The number of benzene rings is 1. The highest BCUT2D eigenvalue weighted by molar-refractivity contribution is 7.90.